The number of H-pyrrole nitrogens is 1. The lowest BCUT2D eigenvalue weighted by molar-refractivity contribution is 0.0859. The van der Waals surface area contributed by atoms with Crippen molar-refractivity contribution in [1.29, 1.82) is 0 Å². The average molecular weight is 387 g/mol. The van der Waals surface area contributed by atoms with Crippen LogP contribution in [-0.4, -0.2) is 43.7 Å². The van der Waals surface area contributed by atoms with Crippen LogP contribution in [0.3, 0.4) is 0 Å². The molecular weight excluding hydrogens is 366 g/mol. The van der Waals surface area contributed by atoms with Gasteiger partial charge in [-0.2, -0.15) is 5.10 Å². The molecule has 2 aromatic carbocycles. The molecule has 2 aromatic heterocycles. The summed E-state index contributed by atoms with van der Waals surface area (Å²) >= 11 is 0. The zero-order valence-corrected chi connectivity index (χ0v) is 15.9. The third-order valence-corrected chi connectivity index (χ3v) is 5.38. The van der Waals surface area contributed by atoms with E-state index in [0.29, 0.717) is 17.7 Å². The Morgan fingerprint density at radius 1 is 1.17 bits per heavy atom. The van der Waals surface area contributed by atoms with Gasteiger partial charge in [0.1, 0.15) is 11.4 Å². The summed E-state index contributed by atoms with van der Waals surface area (Å²) in [6.07, 6.45) is 5.56. The fourth-order valence-electron chi connectivity index (χ4n) is 3.77. The van der Waals surface area contributed by atoms with E-state index < -0.39 is 0 Å². The van der Waals surface area contributed by atoms with Gasteiger partial charge >= 0.3 is 0 Å². The molecule has 29 heavy (non-hydrogen) atoms. The first-order chi connectivity index (χ1) is 14.3. The molecule has 1 saturated heterocycles. The van der Waals surface area contributed by atoms with Crippen LogP contribution < -0.4 is 0 Å². The van der Waals surface area contributed by atoms with Crippen LogP contribution in [0.1, 0.15) is 36.0 Å². The highest BCUT2D eigenvalue weighted by Gasteiger charge is 2.17. The number of ketones is 1. The molecule has 5 rings (SSSR count). The first-order valence-electron chi connectivity index (χ1n) is 9.89. The van der Waals surface area contributed by atoms with Crippen molar-refractivity contribution >= 4 is 16.7 Å². The minimum Gasteiger partial charge on any atom is -0.378 e. The highest BCUT2D eigenvalue weighted by molar-refractivity contribution is 5.96. The Bertz CT molecular complexity index is 1140. The highest BCUT2D eigenvalue weighted by atomic mass is 16.5. The number of aromatic nitrogens is 5. The van der Waals surface area contributed by atoms with Crippen molar-refractivity contribution in [2.24, 2.45) is 0 Å². The van der Waals surface area contributed by atoms with Gasteiger partial charge in [-0.1, -0.05) is 23.4 Å². The number of carbonyl (C=O) groups is 1. The van der Waals surface area contributed by atoms with E-state index in [4.69, 9.17) is 4.74 Å². The summed E-state index contributed by atoms with van der Waals surface area (Å²) in [6, 6.07) is 15.4. The molecule has 3 heterocycles. The number of aromatic amines is 1. The normalized spacial score (nSPS) is 16.5. The van der Waals surface area contributed by atoms with Gasteiger partial charge in [0.15, 0.2) is 5.78 Å². The van der Waals surface area contributed by atoms with Gasteiger partial charge in [0.05, 0.1) is 23.5 Å². The summed E-state index contributed by atoms with van der Waals surface area (Å²) < 4.78 is 7.29. The van der Waals surface area contributed by atoms with Crippen molar-refractivity contribution in [2.75, 3.05) is 6.61 Å². The molecule has 0 radical (unpaired) electrons. The molecule has 1 atom stereocenters. The van der Waals surface area contributed by atoms with Gasteiger partial charge in [-0.3, -0.25) is 9.89 Å². The number of benzene rings is 2. The fourth-order valence-corrected chi connectivity index (χ4v) is 3.77. The number of hydrogen-bond acceptors (Lipinski definition) is 5. The minimum atomic E-state index is 0.148. The van der Waals surface area contributed by atoms with E-state index in [1.165, 1.54) is 0 Å². The van der Waals surface area contributed by atoms with E-state index in [1.54, 1.807) is 4.68 Å². The van der Waals surface area contributed by atoms with Gasteiger partial charge in [0, 0.05) is 24.0 Å². The molecule has 7 heteroatoms. The van der Waals surface area contributed by atoms with Crippen molar-refractivity contribution < 1.29 is 9.53 Å². The smallest absolute Gasteiger partial charge is 0.162 e. The summed E-state index contributed by atoms with van der Waals surface area (Å²) in [4.78, 5) is 12.4. The van der Waals surface area contributed by atoms with Crippen LogP contribution in [0.25, 0.3) is 28.0 Å². The maximum atomic E-state index is 12.4. The summed E-state index contributed by atoms with van der Waals surface area (Å²) in [5, 5.41) is 16.9. The van der Waals surface area contributed by atoms with Crippen LogP contribution in [0.2, 0.25) is 0 Å². The third kappa shape index (κ3) is 3.56. The topological polar surface area (TPSA) is 85.7 Å². The molecule has 146 valence electrons. The van der Waals surface area contributed by atoms with Crippen LogP contribution in [0.5, 0.6) is 0 Å². The molecule has 1 aliphatic heterocycles. The van der Waals surface area contributed by atoms with Crippen molar-refractivity contribution in [3.05, 3.63) is 60.3 Å². The van der Waals surface area contributed by atoms with E-state index in [0.717, 1.165) is 48.2 Å². The predicted molar refractivity (Wildman–Crippen MR) is 109 cm³/mol. The maximum Gasteiger partial charge on any atom is 0.162 e. The van der Waals surface area contributed by atoms with Crippen LogP contribution in [-0.2, 0) is 4.74 Å². The molecule has 0 aliphatic carbocycles. The standard InChI is InChI=1S/C22H21N5O2/c28-21(12-11-17-4-3-13-29-17)15-7-9-16(10-8-15)27-14-20(24-26-27)22-18-5-1-2-6-19(18)23-25-22/h1-2,5-10,14,17H,3-4,11-13H2,(H,23,25). The van der Waals surface area contributed by atoms with Gasteiger partial charge in [0.25, 0.3) is 0 Å². The van der Waals surface area contributed by atoms with Gasteiger partial charge < -0.3 is 4.74 Å². The van der Waals surface area contributed by atoms with Gasteiger partial charge in [-0.05, 0) is 49.6 Å². The molecule has 1 fully saturated rings. The van der Waals surface area contributed by atoms with E-state index in [2.05, 4.69) is 20.5 Å². The second-order valence-corrected chi connectivity index (χ2v) is 7.31. The number of carbonyl (C=O) groups excluding carboxylic acids is 1. The maximum absolute atomic E-state index is 12.4. The summed E-state index contributed by atoms with van der Waals surface area (Å²) in [6.45, 7) is 0.821. The summed E-state index contributed by atoms with van der Waals surface area (Å²) in [5.74, 6) is 0.148. The minimum absolute atomic E-state index is 0.148. The molecular formula is C22H21N5O2. The SMILES string of the molecule is O=C(CCC1CCCO1)c1ccc(-n2cc(-c3n[nH]c4ccccc34)nn2)cc1. The van der Waals surface area contributed by atoms with Gasteiger partial charge in [-0.15, -0.1) is 5.10 Å². The number of nitrogens with zero attached hydrogens (tertiary/aromatic N) is 4. The average Bonchev–Trinajstić information content (AvgIpc) is 3.52. The Labute approximate surface area is 167 Å². The largest absolute Gasteiger partial charge is 0.378 e. The highest BCUT2D eigenvalue weighted by Crippen LogP contribution is 2.25. The molecule has 1 unspecified atom stereocenters. The molecule has 7 nitrogen and oxygen atoms in total. The molecule has 4 aromatic rings. The zero-order chi connectivity index (χ0) is 19.6. The second-order valence-electron chi connectivity index (χ2n) is 7.31. The Kier molecular flexibility index (Phi) is 4.65. The number of rotatable bonds is 6. The van der Waals surface area contributed by atoms with Gasteiger partial charge in [-0.25, -0.2) is 4.68 Å². The van der Waals surface area contributed by atoms with E-state index in [9.17, 15) is 4.79 Å². The Hall–Kier alpha value is -3.32. The number of Topliss-reactive ketones (excluding diaryl/α,β-unsaturated/α-hetero) is 1. The molecule has 1 aliphatic rings. The quantitative estimate of drug-likeness (QED) is 0.506. The summed E-state index contributed by atoms with van der Waals surface area (Å²) in [7, 11) is 0. The van der Waals surface area contributed by atoms with Crippen molar-refractivity contribution in [2.45, 2.75) is 31.8 Å². The first kappa shape index (κ1) is 17.8. The van der Waals surface area contributed by atoms with Crippen molar-refractivity contribution in [3.63, 3.8) is 0 Å². The monoisotopic (exact) mass is 387 g/mol. The van der Waals surface area contributed by atoms with Crippen molar-refractivity contribution in [1.82, 2.24) is 25.2 Å². The number of ether oxygens (including phenoxy) is 1. The Morgan fingerprint density at radius 3 is 2.86 bits per heavy atom. The third-order valence-electron chi connectivity index (χ3n) is 5.38. The molecule has 0 bridgehead atoms. The van der Waals surface area contributed by atoms with Crippen LogP contribution in [0, 0.1) is 0 Å². The second kappa shape index (κ2) is 7.60. The summed E-state index contributed by atoms with van der Waals surface area (Å²) in [5.41, 5.74) is 3.99. The van der Waals surface area contributed by atoms with E-state index in [1.807, 2.05) is 54.7 Å². The Morgan fingerprint density at radius 2 is 2.03 bits per heavy atom. The number of hydrogen-bond donors (Lipinski definition) is 1. The lowest BCUT2D eigenvalue weighted by atomic mass is 10.0. The number of para-hydroxylation sites is 1. The number of nitrogens with one attached hydrogen (secondary N) is 1. The molecule has 0 amide bonds. The zero-order valence-electron chi connectivity index (χ0n) is 15.9. The van der Waals surface area contributed by atoms with Crippen LogP contribution in [0.4, 0.5) is 0 Å². The lowest BCUT2D eigenvalue weighted by Gasteiger charge is -2.08. The Balaban J connectivity index is 1.31. The fraction of sp³-hybridized carbons (Fsp3) is 0.273. The van der Waals surface area contributed by atoms with Crippen LogP contribution in [0.15, 0.2) is 54.7 Å². The van der Waals surface area contributed by atoms with E-state index in [-0.39, 0.29) is 11.9 Å². The van der Waals surface area contributed by atoms with Crippen LogP contribution >= 0.6 is 0 Å². The predicted octanol–water partition coefficient (Wildman–Crippen LogP) is 3.95. The molecule has 0 spiro atoms. The van der Waals surface area contributed by atoms with Crippen molar-refractivity contribution in [3.8, 4) is 17.1 Å². The first-order valence-corrected chi connectivity index (χ1v) is 9.89. The molecule has 0 saturated carbocycles. The number of fused-ring (bicyclic) bond motifs is 1. The van der Waals surface area contributed by atoms with Gasteiger partial charge in [0.2, 0.25) is 0 Å². The lowest BCUT2D eigenvalue weighted by Crippen LogP contribution is -2.09. The van der Waals surface area contributed by atoms with E-state index >= 15 is 0 Å². The molecule has 1 N–H and O–H groups in total.